The standard InChI is InChI=1S/C28H32N4O3/c1-31-22-9-5-6-10-23(22)32(17-28-14-18-11-19(15-28)13-20(12-18)16-28)26(34)24(25(31)33)30-27(35)29-21-7-3-2-4-8-21/h2-10,18-20,24H,11-17H2,1H3,(H2,29,30,35)/t18?,19?,20?,24-,28?/m0/s1. The molecule has 4 saturated carbocycles. The first kappa shape index (κ1) is 22.1. The molecule has 4 fully saturated rings. The van der Waals surface area contributed by atoms with E-state index in [0.717, 1.165) is 42.7 Å². The second kappa shape index (κ2) is 8.40. The number of amides is 4. The van der Waals surface area contributed by atoms with E-state index in [2.05, 4.69) is 10.6 Å². The van der Waals surface area contributed by atoms with Crippen LogP contribution < -0.4 is 20.4 Å². The van der Waals surface area contributed by atoms with Crippen LogP contribution in [-0.2, 0) is 9.59 Å². The van der Waals surface area contributed by atoms with Gasteiger partial charge in [0.2, 0.25) is 0 Å². The van der Waals surface area contributed by atoms with Crippen LogP contribution in [-0.4, -0.2) is 37.5 Å². The molecule has 1 atom stereocenters. The summed E-state index contributed by atoms with van der Waals surface area (Å²) in [6.07, 6.45) is 7.45. The Kier molecular flexibility index (Phi) is 5.31. The van der Waals surface area contributed by atoms with E-state index in [1.165, 1.54) is 24.2 Å². The van der Waals surface area contributed by atoms with Crippen molar-refractivity contribution in [1.82, 2.24) is 5.32 Å². The van der Waals surface area contributed by atoms with E-state index in [0.29, 0.717) is 17.9 Å². The van der Waals surface area contributed by atoms with Crippen LogP contribution in [0.4, 0.5) is 21.9 Å². The molecule has 0 saturated heterocycles. The summed E-state index contributed by atoms with van der Waals surface area (Å²) >= 11 is 0. The zero-order valence-corrected chi connectivity index (χ0v) is 20.1. The maximum atomic E-state index is 14.0. The van der Waals surface area contributed by atoms with Crippen molar-refractivity contribution >= 4 is 34.9 Å². The largest absolute Gasteiger partial charge is 0.320 e. The summed E-state index contributed by atoms with van der Waals surface area (Å²) in [6, 6.07) is 14.7. The smallest absolute Gasteiger partial charge is 0.318 e. The predicted molar refractivity (Wildman–Crippen MR) is 135 cm³/mol. The number of benzene rings is 2. The lowest BCUT2D eigenvalue weighted by molar-refractivity contribution is -0.129. The van der Waals surface area contributed by atoms with Gasteiger partial charge in [-0.15, -0.1) is 0 Å². The lowest BCUT2D eigenvalue weighted by atomic mass is 9.49. The summed E-state index contributed by atoms with van der Waals surface area (Å²) < 4.78 is 0. The summed E-state index contributed by atoms with van der Waals surface area (Å²) in [4.78, 5) is 43.6. The molecule has 5 aliphatic rings. The number of anilines is 3. The first-order valence-corrected chi connectivity index (χ1v) is 12.7. The van der Waals surface area contributed by atoms with Gasteiger partial charge in [-0.2, -0.15) is 0 Å². The molecule has 0 aromatic heterocycles. The average Bonchev–Trinajstić information content (AvgIpc) is 2.90. The number of carbonyl (C=O) groups excluding carboxylic acids is 3. The third-order valence-electron chi connectivity index (χ3n) is 8.59. The summed E-state index contributed by atoms with van der Waals surface area (Å²) in [7, 11) is 1.67. The van der Waals surface area contributed by atoms with Crippen molar-refractivity contribution in [3.05, 3.63) is 54.6 Å². The molecule has 35 heavy (non-hydrogen) atoms. The van der Waals surface area contributed by atoms with E-state index in [-0.39, 0.29) is 11.3 Å². The minimum absolute atomic E-state index is 0.0975. The first-order valence-electron chi connectivity index (χ1n) is 12.7. The van der Waals surface area contributed by atoms with Gasteiger partial charge in [-0.1, -0.05) is 30.3 Å². The molecule has 4 aliphatic carbocycles. The number of nitrogens with zero attached hydrogens (tertiary/aromatic N) is 2. The molecule has 0 spiro atoms. The molecular formula is C28H32N4O3. The Morgan fingerprint density at radius 1 is 0.857 bits per heavy atom. The fourth-order valence-electron chi connectivity index (χ4n) is 7.59. The van der Waals surface area contributed by atoms with E-state index in [9.17, 15) is 14.4 Å². The van der Waals surface area contributed by atoms with Crippen LogP contribution in [0.15, 0.2) is 54.6 Å². The molecule has 7 rings (SSSR count). The molecule has 2 aromatic rings. The predicted octanol–water partition coefficient (Wildman–Crippen LogP) is 4.40. The van der Waals surface area contributed by atoms with Crippen LogP contribution in [0.2, 0.25) is 0 Å². The molecule has 4 bridgehead atoms. The molecule has 7 heteroatoms. The summed E-state index contributed by atoms with van der Waals surface area (Å²) in [5, 5.41) is 5.41. The average molecular weight is 473 g/mol. The molecule has 1 aliphatic heterocycles. The summed E-state index contributed by atoms with van der Waals surface area (Å²) in [6.45, 7) is 0.603. The summed E-state index contributed by atoms with van der Waals surface area (Å²) in [5.74, 6) is 1.49. The Hall–Kier alpha value is -3.35. The van der Waals surface area contributed by atoms with Crippen molar-refractivity contribution < 1.29 is 14.4 Å². The number of nitrogens with one attached hydrogen (secondary N) is 2. The highest BCUT2D eigenvalue weighted by atomic mass is 16.2. The number of likely N-dealkylation sites (N-methyl/N-ethyl adjacent to an activating group) is 1. The highest BCUT2D eigenvalue weighted by Crippen LogP contribution is 2.60. The Balaban J connectivity index is 1.31. The van der Waals surface area contributed by atoms with Crippen molar-refractivity contribution in [1.29, 1.82) is 0 Å². The third-order valence-corrected chi connectivity index (χ3v) is 8.59. The van der Waals surface area contributed by atoms with Crippen LogP contribution in [0.1, 0.15) is 38.5 Å². The minimum atomic E-state index is -1.29. The van der Waals surface area contributed by atoms with Crippen molar-refractivity contribution in [2.24, 2.45) is 23.2 Å². The second-order valence-corrected chi connectivity index (χ2v) is 11.1. The zero-order valence-electron chi connectivity index (χ0n) is 20.1. The van der Waals surface area contributed by atoms with Gasteiger partial charge < -0.3 is 20.4 Å². The van der Waals surface area contributed by atoms with Gasteiger partial charge in [-0.25, -0.2) is 4.79 Å². The molecule has 1 heterocycles. The van der Waals surface area contributed by atoms with Crippen molar-refractivity contribution in [3.8, 4) is 0 Å². The van der Waals surface area contributed by atoms with Gasteiger partial charge in [0.1, 0.15) is 0 Å². The highest BCUT2D eigenvalue weighted by molar-refractivity contribution is 6.21. The number of carbonyl (C=O) groups is 3. The normalized spacial score (nSPS) is 31.2. The van der Waals surface area contributed by atoms with Crippen LogP contribution in [0.5, 0.6) is 0 Å². The van der Waals surface area contributed by atoms with E-state index >= 15 is 0 Å². The number of fused-ring (bicyclic) bond motifs is 1. The molecule has 182 valence electrons. The molecule has 7 nitrogen and oxygen atoms in total. The van der Waals surface area contributed by atoms with E-state index in [1.54, 1.807) is 24.1 Å². The van der Waals surface area contributed by atoms with Crippen LogP contribution in [0.25, 0.3) is 0 Å². The number of urea groups is 1. The lowest BCUT2D eigenvalue weighted by Gasteiger charge is -2.57. The molecule has 2 aromatic carbocycles. The monoisotopic (exact) mass is 472 g/mol. The first-order chi connectivity index (χ1) is 16.9. The third kappa shape index (κ3) is 3.97. The van der Waals surface area contributed by atoms with Crippen LogP contribution in [0.3, 0.4) is 0 Å². The molecule has 0 unspecified atom stereocenters. The number of hydrogen-bond donors (Lipinski definition) is 2. The van der Waals surface area contributed by atoms with Gasteiger partial charge >= 0.3 is 6.03 Å². The maximum Gasteiger partial charge on any atom is 0.320 e. The van der Waals surface area contributed by atoms with Crippen molar-refractivity contribution in [3.63, 3.8) is 0 Å². The second-order valence-electron chi connectivity index (χ2n) is 11.1. The van der Waals surface area contributed by atoms with Gasteiger partial charge in [0.15, 0.2) is 6.04 Å². The fraction of sp³-hybridized carbons (Fsp3) is 0.464. The van der Waals surface area contributed by atoms with Crippen molar-refractivity contribution in [2.45, 2.75) is 44.6 Å². The van der Waals surface area contributed by atoms with Gasteiger partial charge in [-0.3, -0.25) is 9.59 Å². The molecular weight excluding hydrogens is 440 g/mol. The Morgan fingerprint density at radius 3 is 2.06 bits per heavy atom. The maximum absolute atomic E-state index is 14.0. The lowest BCUT2D eigenvalue weighted by Crippen LogP contribution is -2.58. The van der Waals surface area contributed by atoms with E-state index in [4.69, 9.17) is 0 Å². The van der Waals surface area contributed by atoms with Gasteiger partial charge in [0.25, 0.3) is 11.8 Å². The van der Waals surface area contributed by atoms with Gasteiger partial charge in [0.05, 0.1) is 11.4 Å². The minimum Gasteiger partial charge on any atom is -0.318 e. The number of para-hydroxylation sites is 3. The van der Waals surface area contributed by atoms with Gasteiger partial charge in [-0.05, 0) is 86.0 Å². The molecule has 2 N–H and O–H groups in total. The number of rotatable bonds is 4. The topological polar surface area (TPSA) is 81.8 Å². The van der Waals surface area contributed by atoms with Crippen molar-refractivity contribution in [2.75, 3.05) is 28.7 Å². The molecule has 0 radical (unpaired) electrons. The van der Waals surface area contributed by atoms with Crippen LogP contribution in [0, 0.1) is 23.2 Å². The van der Waals surface area contributed by atoms with E-state index in [1.807, 2.05) is 42.5 Å². The van der Waals surface area contributed by atoms with Crippen LogP contribution >= 0.6 is 0 Å². The highest BCUT2D eigenvalue weighted by Gasteiger charge is 2.53. The Morgan fingerprint density at radius 2 is 1.43 bits per heavy atom. The zero-order chi connectivity index (χ0) is 24.2. The van der Waals surface area contributed by atoms with E-state index < -0.39 is 18.0 Å². The Labute approximate surface area is 205 Å². The Bertz CT molecular complexity index is 1130. The summed E-state index contributed by atoms with van der Waals surface area (Å²) in [5.41, 5.74) is 2.14. The number of hydrogen-bond acceptors (Lipinski definition) is 3. The van der Waals surface area contributed by atoms with Gasteiger partial charge in [0, 0.05) is 19.3 Å². The fourth-order valence-corrected chi connectivity index (χ4v) is 7.59. The SMILES string of the molecule is CN1C(=O)[C@H](NC(=O)Nc2ccccc2)C(=O)N(CC23CC4CC(CC(C4)C2)C3)c2ccccc21. The molecule has 4 amide bonds. The quantitative estimate of drug-likeness (QED) is 0.647.